The van der Waals surface area contributed by atoms with Crippen LogP contribution in [0.4, 0.5) is 4.79 Å². The Bertz CT molecular complexity index is 976. The van der Waals surface area contributed by atoms with Gasteiger partial charge in [-0.3, -0.25) is 19.2 Å². The van der Waals surface area contributed by atoms with Crippen molar-refractivity contribution < 1.29 is 33.4 Å². The van der Waals surface area contributed by atoms with E-state index in [4.69, 9.17) is 15.2 Å². The first kappa shape index (κ1) is 33.4. The van der Waals surface area contributed by atoms with E-state index in [9.17, 15) is 24.0 Å². The minimum absolute atomic E-state index is 0.0648. The predicted molar refractivity (Wildman–Crippen MR) is 146 cm³/mol. The van der Waals surface area contributed by atoms with E-state index in [-0.39, 0.29) is 31.3 Å². The predicted octanol–water partition coefficient (Wildman–Crippen LogP) is 2.56. The fourth-order valence-electron chi connectivity index (χ4n) is 3.53. The molecule has 0 radical (unpaired) electrons. The highest BCUT2D eigenvalue weighted by Crippen LogP contribution is 2.13. The number of amides is 4. The Kier molecular flexibility index (Phi) is 13.4. The normalized spacial score (nSPS) is 14.4. The van der Waals surface area contributed by atoms with E-state index in [1.165, 1.54) is 0 Å². The minimum Gasteiger partial charge on any atom is -0.461 e. The fourth-order valence-corrected chi connectivity index (χ4v) is 3.53. The van der Waals surface area contributed by atoms with Crippen molar-refractivity contribution in [3.63, 3.8) is 0 Å². The molecule has 0 aliphatic heterocycles. The second kappa shape index (κ2) is 15.7. The van der Waals surface area contributed by atoms with Crippen molar-refractivity contribution in [3.8, 4) is 0 Å². The van der Waals surface area contributed by atoms with Gasteiger partial charge in [-0.05, 0) is 44.6 Å². The molecule has 0 saturated carbocycles. The number of primary amides is 1. The van der Waals surface area contributed by atoms with Crippen molar-refractivity contribution in [2.24, 2.45) is 17.6 Å². The SMILES string of the molecule is CCC(C)C(NC(=O)C(NC(=O)OC(C)(C)C)C(C)C)C(=O)NC(CCC(=O)OCc1ccccc1)C(N)=O. The lowest BCUT2D eigenvalue weighted by Gasteiger charge is -2.29. The maximum absolute atomic E-state index is 13.2. The van der Waals surface area contributed by atoms with Gasteiger partial charge in [0.25, 0.3) is 0 Å². The van der Waals surface area contributed by atoms with E-state index in [0.717, 1.165) is 5.56 Å². The number of hydrogen-bond donors (Lipinski definition) is 4. The highest BCUT2D eigenvalue weighted by molar-refractivity contribution is 5.94. The van der Waals surface area contributed by atoms with Crippen LogP contribution in [0.3, 0.4) is 0 Å². The van der Waals surface area contributed by atoms with Crippen LogP contribution < -0.4 is 21.7 Å². The molecule has 4 unspecified atom stereocenters. The third kappa shape index (κ3) is 12.6. The van der Waals surface area contributed by atoms with Gasteiger partial charge in [0, 0.05) is 6.42 Å². The molecule has 11 heteroatoms. The van der Waals surface area contributed by atoms with Gasteiger partial charge in [0.2, 0.25) is 17.7 Å². The van der Waals surface area contributed by atoms with Crippen molar-refractivity contribution >= 4 is 29.8 Å². The summed E-state index contributed by atoms with van der Waals surface area (Å²) < 4.78 is 10.5. The number of esters is 1. The number of carbonyl (C=O) groups is 5. The number of nitrogens with one attached hydrogen (secondary N) is 3. The van der Waals surface area contributed by atoms with Gasteiger partial charge >= 0.3 is 12.1 Å². The monoisotopic (exact) mass is 548 g/mol. The molecular formula is C28H44N4O7. The molecule has 5 N–H and O–H groups in total. The van der Waals surface area contributed by atoms with Crippen LogP contribution in [0.25, 0.3) is 0 Å². The zero-order valence-electron chi connectivity index (χ0n) is 24.0. The van der Waals surface area contributed by atoms with Crippen LogP contribution in [0.1, 0.15) is 73.3 Å². The van der Waals surface area contributed by atoms with E-state index in [1.54, 1.807) is 41.5 Å². The number of alkyl carbamates (subject to hydrolysis) is 1. The van der Waals surface area contributed by atoms with Gasteiger partial charge in [-0.1, -0.05) is 64.4 Å². The van der Waals surface area contributed by atoms with Crippen molar-refractivity contribution in [3.05, 3.63) is 35.9 Å². The summed E-state index contributed by atoms with van der Waals surface area (Å²) in [5.74, 6) is -3.18. The molecule has 39 heavy (non-hydrogen) atoms. The molecule has 0 fully saturated rings. The van der Waals surface area contributed by atoms with Crippen LogP contribution in [-0.4, -0.2) is 53.5 Å². The first-order valence-corrected chi connectivity index (χ1v) is 13.2. The van der Waals surface area contributed by atoms with Gasteiger partial charge in [0.15, 0.2) is 0 Å². The summed E-state index contributed by atoms with van der Waals surface area (Å²) in [6, 6.07) is 6.00. The average Bonchev–Trinajstić information content (AvgIpc) is 2.85. The van der Waals surface area contributed by atoms with Crippen LogP contribution in [0.2, 0.25) is 0 Å². The van der Waals surface area contributed by atoms with E-state index in [1.807, 2.05) is 37.3 Å². The Labute approximate surface area is 230 Å². The molecule has 4 amide bonds. The lowest BCUT2D eigenvalue weighted by Crippen LogP contribution is -2.59. The second-order valence-electron chi connectivity index (χ2n) is 10.9. The summed E-state index contributed by atoms with van der Waals surface area (Å²) >= 11 is 0. The Hall–Kier alpha value is -3.63. The van der Waals surface area contributed by atoms with Crippen LogP contribution in [0, 0.1) is 11.8 Å². The van der Waals surface area contributed by atoms with Crippen molar-refractivity contribution in [2.45, 2.75) is 98.1 Å². The third-order valence-electron chi connectivity index (χ3n) is 5.95. The molecule has 4 atom stereocenters. The molecular weight excluding hydrogens is 504 g/mol. The van der Waals surface area contributed by atoms with Gasteiger partial charge in [-0.15, -0.1) is 0 Å². The van der Waals surface area contributed by atoms with Gasteiger partial charge < -0.3 is 31.2 Å². The first-order chi connectivity index (χ1) is 18.1. The highest BCUT2D eigenvalue weighted by atomic mass is 16.6. The Balaban J connectivity index is 2.84. The zero-order chi connectivity index (χ0) is 29.8. The van der Waals surface area contributed by atoms with Gasteiger partial charge in [-0.25, -0.2) is 4.79 Å². The zero-order valence-corrected chi connectivity index (χ0v) is 24.0. The standard InChI is InChI=1S/C28H44N4O7/c1-8-18(4)23(31-25(35)22(17(2)3)32-27(37)39-28(5,6)7)26(36)30-20(24(29)34)14-15-21(33)38-16-19-12-10-9-11-13-19/h9-13,17-18,20,22-23H,8,14-16H2,1-7H3,(H2,29,34)(H,30,36)(H,31,35)(H,32,37). The van der Waals surface area contributed by atoms with Crippen LogP contribution >= 0.6 is 0 Å². The smallest absolute Gasteiger partial charge is 0.408 e. The highest BCUT2D eigenvalue weighted by Gasteiger charge is 2.33. The molecule has 0 aliphatic rings. The lowest BCUT2D eigenvalue weighted by atomic mass is 9.96. The number of benzene rings is 1. The number of nitrogens with two attached hydrogens (primary N) is 1. The Morgan fingerprint density at radius 1 is 0.897 bits per heavy atom. The molecule has 0 saturated heterocycles. The summed E-state index contributed by atoms with van der Waals surface area (Å²) in [4.78, 5) is 62.8. The van der Waals surface area contributed by atoms with Gasteiger partial charge in [0.1, 0.15) is 30.3 Å². The molecule has 0 aliphatic carbocycles. The van der Waals surface area contributed by atoms with Crippen LogP contribution in [0.5, 0.6) is 0 Å². The second-order valence-corrected chi connectivity index (χ2v) is 10.9. The molecule has 11 nitrogen and oxygen atoms in total. The lowest BCUT2D eigenvalue weighted by molar-refractivity contribution is -0.145. The number of rotatable bonds is 14. The third-order valence-corrected chi connectivity index (χ3v) is 5.95. The van der Waals surface area contributed by atoms with Crippen molar-refractivity contribution in [2.75, 3.05) is 0 Å². The summed E-state index contributed by atoms with van der Waals surface area (Å²) in [7, 11) is 0. The Morgan fingerprint density at radius 3 is 2.00 bits per heavy atom. The quantitative estimate of drug-likeness (QED) is 0.259. The van der Waals surface area contributed by atoms with Crippen LogP contribution in [0.15, 0.2) is 30.3 Å². The van der Waals surface area contributed by atoms with E-state index in [2.05, 4.69) is 16.0 Å². The van der Waals surface area contributed by atoms with E-state index < -0.39 is 53.5 Å². The van der Waals surface area contributed by atoms with Gasteiger partial charge in [-0.2, -0.15) is 0 Å². The summed E-state index contributed by atoms with van der Waals surface area (Å²) in [6.45, 7) is 12.3. The topological polar surface area (TPSA) is 166 Å². The maximum atomic E-state index is 13.2. The molecule has 218 valence electrons. The number of carbonyl (C=O) groups excluding carboxylic acids is 5. The summed E-state index contributed by atoms with van der Waals surface area (Å²) in [5.41, 5.74) is 5.55. The minimum atomic E-state index is -1.15. The number of ether oxygens (including phenoxy) is 2. The first-order valence-electron chi connectivity index (χ1n) is 13.2. The number of hydrogen-bond acceptors (Lipinski definition) is 7. The fraction of sp³-hybridized carbons (Fsp3) is 0.607. The molecule has 0 aromatic heterocycles. The molecule has 0 spiro atoms. The van der Waals surface area contributed by atoms with E-state index in [0.29, 0.717) is 6.42 Å². The molecule has 1 rings (SSSR count). The molecule has 1 aromatic carbocycles. The Morgan fingerprint density at radius 2 is 1.49 bits per heavy atom. The summed E-state index contributed by atoms with van der Waals surface area (Å²) in [5, 5.41) is 7.82. The largest absolute Gasteiger partial charge is 0.461 e. The maximum Gasteiger partial charge on any atom is 0.408 e. The van der Waals surface area contributed by atoms with Crippen molar-refractivity contribution in [1.82, 2.24) is 16.0 Å². The molecule has 0 heterocycles. The average molecular weight is 549 g/mol. The summed E-state index contributed by atoms with van der Waals surface area (Å²) in [6.07, 6.45) is -0.424. The van der Waals surface area contributed by atoms with Crippen molar-refractivity contribution in [1.29, 1.82) is 0 Å². The molecule has 1 aromatic rings. The van der Waals surface area contributed by atoms with Gasteiger partial charge in [0.05, 0.1) is 0 Å². The van der Waals surface area contributed by atoms with Crippen LogP contribution in [-0.2, 0) is 35.3 Å². The molecule has 0 bridgehead atoms. The van der Waals surface area contributed by atoms with E-state index >= 15 is 0 Å².